The van der Waals surface area contributed by atoms with E-state index in [2.05, 4.69) is 4.98 Å². The first kappa shape index (κ1) is 14.5. The van der Waals surface area contributed by atoms with Crippen molar-refractivity contribution in [1.29, 1.82) is 0 Å². The molecule has 0 spiro atoms. The van der Waals surface area contributed by atoms with Gasteiger partial charge in [0.05, 0.1) is 4.88 Å². The van der Waals surface area contributed by atoms with Gasteiger partial charge in [-0.25, -0.2) is 0 Å². The van der Waals surface area contributed by atoms with Crippen LogP contribution in [0.1, 0.15) is 15.2 Å². The van der Waals surface area contributed by atoms with Crippen molar-refractivity contribution >= 4 is 17.2 Å². The molecule has 0 unspecified atom stereocenters. The Labute approximate surface area is 133 Å². The summed E-state index contributed by atoms with van der Waals surface area (Å²) in [5, 5.41) is 0. The average Bonchev–Trinajstić information content (AvgIpc) is 3.06. The maximum absolute atomic E-state index is 12.5. The molecule has 110 valence electrons. The highest BCUT2D eigenvalue weighted by Gasteiger charge is 2.15. The van der Waals surface area contributed by atoms with Gasteiger partial charge in [-0.1, -0.05) is 30.3 Å². The lowest BCUT2D eigenvalue weighted by Gasteiger charge is -2.16. The van der Waals surface area contributed by atoms with Crippen molar-refractivity contribution in [3.8, 4) is 10.4 Å². The molecule has 0 aliphatic rings. The van der Waals surface area contributed by atoms with Gasteiger partial charge in [0, 0.05) is 30.9 Å². The predicted molar refractivity (Wildman–Crippen MR) is 89.8 cm³/mol. The Balaban J connectivity index is 1.74. The molecular formula is C18H16N2OS. The van der Waals surface area contributed by atoms with E-state index in [0.29, 0.717) is 6.54 Å². The second-order valence-electron chi connectivity index (χ2n) is 5.05. The molecule has 0 N–H and O–H groups in total. The number of hydrogen-bond donors (Lipinski definition) is 0. The van der Waals surface area contributed by atoms with Gasteiger partial charge in [-0.15, -0.1) is 11.3 Å². The molecule has 3 rings (SSSR count). The normalized spacial score (nSPS) is 10.4. The van der Waals surface area contributed by atoms with E-state index < -0.39 is 0 Å². The van der Waals surface area contributed by atoms with E-state index in [-0.39, 0.29) is 5.91 Å². The number of nitrogens with zero attached hydrogens (tertiary/aromatic N) is 2. The van der Waals surface area contributed by atoms with Crippen molar-refractivity contribution in [2.45, 2.75) is 6.54 Å². The van der Waals surface area contributed by atoms with Crippen LogP contribution in [0.2, 0.25) is 0 Å². The molecule has 1 aromatic carbocycles. The molecule has 0 aliphatic carbocycles. The number of carbonyl (C=O) groups excluding carboxylic acids is 1. The molecule has 3 nitrogen and oxygen atoms in total. The second kappa shape index (κ2) is 6.54. The van der Waals surface area contributed by atoms with Crippen LogP contribution < -0.4 is 0 Å². The fourth-order valence-corrected chi connectivity index (χ4v) is 3.25. The number of aromatic nitrogens is 1. The quantitative estimate of drug-likeness (QED) is 0.727. The molecule has 0 fully saturated rings. The smallest absolute Gasteiger partial charge is 0.263 e. The third-order valence-corrected chi connectivity index (χ3v) is 4.51. The Morgan fingerprint density at radius 2 is 1.77 bits per heavy atom. The van der Waals surface area contributed by atoms with Crippen LogP contribution in [0.3, 0.4) is 0 Å². The molecule has 2 heterocycles. The third kappa shape index (κ3) is 3.23. The summed E-state index contributed by atoms with van der Waals surface area (Å²) in [6.45, 7) is 0.613. The lowest BCUT2D eigenvalue weighted by molar-refractivity contribution is 0.0790. The van der Waals surface area contributed by atoms with Crippen LogP contribution in [-0.4, -0.2) is 22.8 Å². The van der Waals surface area contributed by atoms with Crippen molar-refractivity contribution in [1.82, 2.24) is 9.88 Å². The Hall–Kier alpha value is -2.46. The van der Waals surface area contributed by atoms with Gasteiger partial charge in [-0.3, -0.25) is 9.78 Å². The standard InChI is InChI=1S/C18H16N2OS/c1-20(13-14-5-3-2-4-6-14)18(21)17-8-7-16(22-17)15-9-11-19-12-10-15/h2-12H,13H2,1H3. The number of benzene rings is 1. The first-order valence-electron chi connectivity index (χ1n) is 7.03. The van der Waals surface area contributed by atoms with E-state index in [1.165, 1.54) is 11.3 Å². The van der Waals surface area contributed by atoms with Crippen molar-refractivity contribution in [2.75, 3.05) is 7.05 Å². The molecule has 0 atom stereocenters. The van der Waals surface area contributed by atoms with E-state index in [9.17, 15) is 4.79 Å². The highest BCUT2D eigenvalue weighted by Crippen LogP contribution is 2.28. The summed E-state index contributed by atoms with van der Waals surface area (Å²) in [7, 11) is 1.83. The Kier molecular flexibility index (Phi) is 4.30. The zero-order valence-electron chi connectivity index (χ0n) is 12.3. The van der Waals surface area contributed by atoms with Gasteiger partial charge in [-0.05, 0) is 35.4 Å². The van der Waals surface area contributed by atoms with E-state index in [1.54, 1.807) is 17.3 Å². The molecule has 0 bridgehead atoms. The predicted octanol–water partition coefficient (Wildman–Crippen LogP) is 4.08. The Morgan fingerprint density at radius 3 is 2.50 bits per heavy atom. The van der Waals surface area contributed by atoms with E-state index in [1.807, 2.05) is 61.6 Å². The summed E-state index contributed by atoms with van der Waals surface area (Å²) < 4.78 is 0. The van der Waals surface area contributed by atoms with E-state index in [4.69, 9.17) is 0 Å². The van der Waals surface area contributed by atoms with Crippen LogP contribution in [0.25, 0.3) is 10.4 Å². The molecule has 4 heteroatoms. The highest BCUT2D eigenvalue weighted by molar-refractivity contribution is 7.17. The maximum atomic E-state index is 12.5. The maximum Gasteiger partial charge on any atom is 0.263 e. The van der Waals surface area contributed by atoms with Gasteiger partial charge in [-0.2, -0.15) is 0 Å². The summed E-state index contributed by atoms with van der Waals surface area (Å²) in [6, 6.07) is 17.8. The minimum atomic E-state index is 0.0501. The number of thiophene rings is 1. The summed E-state index contributed by atoms with van der Waals surface area (Å²) >= 11 is 1.51. The van der Waals surface area contributed by atoms with Crippen molar-refractivity contribution < 1.29 is 4.79 Å². The summed E-state index contributed by atoms with van der Waals surface area (Å²) in [5.41, 5.74) is 2.22. The van der Waals surface area contributed by atoms with Crippen molar-refractivity contribution in [2.24, 2.45) is 0 Å². The second-order valence-corrected chi connectivity index (χ2v) is 6.13. The molecule has 0 saturated heterocycles. The molecule has 2 aromatic heterocycles. The van der Waals surface area contributed by atoms with E-state index >= 15 is 0 Å². The SMILES string of the molecule is CN(Cc1ccccc1)C(=O)c1ccc(-c2ccncc2)s1. The topological polar surface area (TPSA) is 33.2 Å². The number of carbonyl (C=O) groups is 1. The first-order valence-corrected chi connectivity index (χ1v) is 7.85. The van der Waals surface area contributed by atoms with Gasteiger partial charge in [0.1, 0.15) is 0 Å². The first-order chi connectivity index (χ1) is 10.7. The number of rotatable bonds is 4. The van der Waals surface area contributed by atoms with Gasteiger partial charge >= 0.3 is 0 Å². The van der Waals surface area contributed by atoms with Gasteiger partial charge in [0.15, 0.2) is 0 Å². The summed E-state index contributed by atoms with van der Waals surface area (Å²) in [4.78, 5) is 20.1. The van der Waals surface area contributed by atoms with Gasteiger partial charge in [0.25, 0.3) is 5.91 Å². The lowest BCUT2D eigenvalue weighted by Crippen LogP contribution is -2.25. The molecule has 1 amide bonds. The largest absolute Gasteiger partial charge is 0.337 e. The van der Waals surface area contributed by atoms with Crippen LogP contribution in [0.15, 0.2) is 67.0 Å². The van der Waals surface area contributed by atoms with Crippen LogP contribution in [0.4, 0.5) is 0 Å². The minimum absolute atomic E-state index is 0.0501. The summed E-state index contributed by atoms with van der Waals surface area (Å²) in [6.07, 6.45) is 3.52. The third-order valence-electron chi connectivity index (χ3n) is 3.39. The summed E-state index contributed by atoms with van der Waals surface area (Å²) in [5.74, 6) is 0.0501. The lowest BCUT2D eigenvalue weighted by atomic mass is 10.2. The van der Waals surface area contributed by atoms with Crippen molar-refractivity contribution in [3.05, 3.63) is 77.4 Å². The fraction of sp³-hybridized carbons (Fsp3) is 0.111. The minimum Gasteiger partial charge on any atom is -0.337 e. The van der Waals surface area contributed by atoms with Gasteiger partial charge < -0.3 is 4.90 Å². The Morgan fingerprint density at radius 1 is 1.05 bits per heavy atom. The van der Waals surface area contributed by atoms with E-state index in [0.717, 1.165) is 20.9 Å². The van der Waals surface area contributed by atoms with Crippen LogP contribution in [0.5, 0.6) is 0 Å². The highest BCUT2D eigenvalue weighted by atomic mass is 32.1. The number of hydrogen-bond acceptors (Lipinski definition) is 3. The molecule has 0 aliphatic heterocycles. The zero-order chi connectivity index (χ0) is 15.4. The molecule has 22 heavy (non-hydrogen) atoms. The van der Waals surface area contributed by atoms with Gasteiger partial charge in [0.2, 0.25) is 0 Å². The molecule has 3 aromatic rings. The van der Waals surface area contributed by atoms with Crippen LogP contribution in [-0.2, 0) is 6.54 Å². The fourth-order valence-electron chi connectivity index (χ4n) is 2.24. The van der Waals surface area contributed by atoms with Crippen LogP contribution >= 0.6 is 11.3 Å². The molecular weight excluding hydrogens is 292 g/mol. The van der Waals surface area contributed by atoms with Crippen molar-refractivity contribution in [3.63, 3.8) is 0 Å². The number of amides is 1. The zero-order valence-corrected chi connectivity index (χ0v) is 13.1. The molecule has 0 saturated carbocycles. The number of pyridine rings is 1. The Bertz CT molecular complexity index is 753. The van der Waals surface area contributed by atoms with Crippen LogP contribution in [0, 0.1) is 0 Å². The average molecular weight is 308 g/mol. The molecule has 0 radical (unpaired) electrons. The monoisotopic (exact) mass is 308 g/mol.